The third-order valence-corrected chi connectivity index (χ3v) is 3.70. The van der Waals surface area contributed by atoms with Crippen LogP contribution in [0.25, 0.3) is 0 Å². The molecule has 110 valence electrons. The molecular formula is C13H24N2O4. The van der Waals surface area contributed by atoms with Crippen LogP contribution in [0.3, 0.4) is 0 Å². The molecule has 0 bridgehead atoms. The maximum atomic E-state index is 12.0. The van der Waals surface area contributed by atoms with E-state index in [1.54, 1.807) is 14.0 Å². The number of aliphatic hydroxyl groups excluding tert-OH is 1. The minimum absolute atomic E-state index is 0.0386. The predicted molar refractivity (Wildman–Crippen MR) is 70.9 cm³/mol. The number of hydrogen-bond acceptors (Lipinski definition) is 3. The Morgan fingerprint density at radius 1 is 1.32 bits per heavy atom. The van der Waals surface area contributed by atoms with E-state index in [4.69, 9.17) is 5.11 Å². The summed E-state index contributed by atoms with van der Waals surface area (Å²) in [5.41, 5.74) is -1.16. The summed E-state index contributed by atoms with van der Waals surface area (Å²) in [4.78, 5) is 24.8. The molecule has 0 saturated heterocycles. The molecule has 3 N–H and O–H groups in total. The summed E-state index contributed by atoms with van der Waals surface area (Å²) in [5.74, 6) is -0.936. The molecule has 0 heterocycles. The lowest BCUT2D eigenvalue weighted by molar-refractivity contribution is -0.144. The standard InChI is InChI=1S/C13H24N2O4/c1-13(11(17)18,10-6-7-10)14-12(19)15(2)8-4-3-5-9-16/h10,16H,3-9H2,1-2H3,(H,14,19)(H,17,18). The molecule has 6 heteroatoms. The number of rotatable bonds is 8. The van der Waals surface area contributed by atoms with Crippen LogP contribution in [0.2, 0.25) is 0 Å². The van der Waals surface area contributed by atoms with Gasteiger partial charge in [0.2, 0.25) is 0 Å². The normalized spacial score (nSPS) is 17.6. The second-order valence-electron chi connectivity index (χ2n) is 5.42. The molecule has 0 aliphatic heterocycles. The molecule has 0 aromatic rings. The van der Waals surface area contributed by atoms with Gasteiger partial charge in [0.05, 0.1) is 0 Å². The Morgan fingerprint density at radius 3 is 2.42 bits per heavy atom. The van der Waals surface area contributed by atoms with Crippen LogP contribution >= 0.6 is 0 Å². The van der Waals surface area contributed by atoms with E-state index in [9.17, 15) is 14.7 Å². The predicted octanol–water partition coefficient (Wildman–Crippen LogP) is 1.04. The molecule has 19 heavy (non-hydrogen) atoms. The number of carbonyl (C=O) groups is 2. The minimum Gasteiger partial charge on any atom is -0.480 e. The minimum atomic E-state index is -1.16. The first-order chi connectivity index (χ1) is 8.91. The fraction of sp³-hybridized carbons (Fsp3) is 0.846. The number of urea groups is 1. The maximum Gasteiger partial charge on any atom is 0.329 e. The van der Waals surface area contributed by atoms with Crippen molar-refractivity contribution in [1.29, 1.82) is 0 Å². The maximum absolute atomic E-state index is 12.0. The summed E-state index contributed by atoms with van der Waals surface area (Å²) in [7, 11) is 1.66. The van der Waals surface area contributed by atoms with Gasteiger partial charge in [0, 0.05) is 20.2 Å². The van der Waals surface area contributed by atoms with Gasteiger partial charge in [0.25, 0.3) is 0 Å². The van der Waals surface area contributed by atoms with Gasteiger partial charge in [-0.05, 0) is 44.9 Å². The molecule has 0 aromatic carbocycles. The summed E-state index contributed by atoms with van der Waals surface area (Å²) < 4.78 is 0. The fourth-order valence-corrected chi connectivity index (χ4v) is 2.05. The third kappa shape index (κ3) is 4.38. The molecule has 1 atom stereocenters. The van der Waals surface area contributed by atoms with Crippen molar-refractivity contribution in [2.45, 2.75) is 44.6 Å². The van der Waals surface area contributed by atoms with Crippen LogP contribution in [-0.2, 0) is 4.79 Å². The zero-order valence-electron chi connectivity index (χ0n) is 11.7. The number of nitrogens with zero attached hydrogens (tertiary/aromatic N) is 1. The highest BCUT2D eigenvalue weighted by molar-refractivity contribution is 5.86. The molecule has 1 rings (SSSR count). The van der Waals surface area contributed by atoms with E-state index in [1.165, 1.54) is 4.90 Å². The van der Waals surface area contributed by atoms with E-state index < -0.39 is 11.5 Å². The van der Waals surface area contributed by atoms with Crippen molar-refractivity contribution in [3.05, 3.63) is 0 Å². The molecule has 1 aliphatic rings. The zero-order chi connectivity index (χ0) is 14.5. The molecule has 0 radical (unpaired) electrons. The van der Waals surface area contributed by atoms with Crippen LogP contribution in [0.1, 0.15) is 39.0 Å². The molecular weight excluding hydrogens is 248 g/mol. The van der Waals surface area contributed by atoms with Crippen molar-refractivity contribution in [3.8, 4) is 0 Å². The number of hydrogen-bond donors (Lipinski definition) is 3. The lowest BCUT2D eigenvalue weighted by atomic mass is 9.96. The van der Waals surface area contributed by atoms with Crippen LogP contribution in [0.5, 0.6) is 0 Å². The highest BCUT2D eigenvalue weighted by Crippen LogP contribution is 2.39. The SMILES string of the molecule is CN(CCCCCO)C(=O)NC(C)(C(=O)O)C1CC1. The number of aliphatic carboxylic acids is 1. The van der Waals surface area contributed by atoms with Crippen molar-refractivity contribution in [2.24, 2.45) is 5.92 Å². The Hall–Kier alpha value is -1.30. The van der Waals surface area contributed by atoms with Crippen LogP contribution in [0.4, 0.5) is 4.79 Å². The Labute approximate surface area is 113 Å². The summed E-state index contributed by atoms with van der Waals surface area (Å²) in [5, 5.41) is 20.6. The monoisotopic (exact) mass is 272 g/mol. The average molecular weight is 272 g/mol. The number of amides is 2. The number of carboxylic acid groups (broad SMARTS) is 1. The van der Waals surface area contributed by atoms with Crippen LogP contribution in [0, 0.1) is 5.92 Å². The van der Waals surface area contributed by atoms with E-state index in [1.807, 2.05) is 0 Å². The molecule has 1 aliphatic carbocycles. The second-order valence-corrected chi connectivity index (χ2v) is 5.42. The molecule has 0 aromatic heterocycles. The van der Waals surface area contributed by atoms with E-state index in [0.717, 1.165) is 32.1 Å². The number of carboxylic acids is 1. The molecule has 0 spiro atoms. The van der Waals surface area contributed by atoms with Crippen molar-refractivity contribution in [2.75, 3.05) is 20.2 Å². The molecule has 1 unspecified atom stereocenters. The van der Waals surface area contributed by atoms with Gasteiger partial charge < -0.3 is 20.4 Å². The Bertz CT molecular complexity index is 331. The van der Waals surface area contributed by atoms with Gasteiger partial charge >= 0.3 is 12.0 Å². The van der Waals surface area contributed by atoms with Crippen LogP contribution < -0.4 is 5.32 Å². The largest absolute Gasteiger partial charge is 0.480 e. The fourth-order valence-electron chi connectivity index (χ4n) is 2.05. The highest BCUT2D eigenvalue weighted by atomic mass is 16.4. The molecule has 2 amide bonds. The van der Waals surface area contributed by atoms with Gasteiger partial charge in [0.1, 0.15) is 5.54 Å². The van der Waals surface area contributed by atoms with Gasteiger partial charge in [-0.25, -0.2) is 9.59 Å². The lowest BCUT2D eigenvalue weighted by Gasteiger charge is -2.29. The van der Waals surface area contributed by atoms with Crippen molar-refractivity contribution >= 4 is 12.0 Å². The highest BCUT2D eigenvalue weighted by Gasteiger charge is 2.48. The van der Waals surface area contributed by atoms with Gasteiger partial charge in [0.15, 0.2) is 0 Å². The van der Waals surface area contributed by atoms with Crippen LogP contribution in [-0.4, -0.2) is 52.9 Å². The summed E-state index contributed by atoms with van der Waals surface area (Å²) >= 11 is 0. The third-order valence-electron chi connectivity index (χ3n) is 3.70. The lowest BCUT2D eigenvalue weighted by Crippen LogP contribution is -2.57. The summed E-state index contributed by atoms with van der Waals surface area (Å²) in [6.45, 7) is 2.30. The first-order valence-corrected chi connectivity index (χ1v) is 6.79. The zero-order valence-corrected chi connectivity index (χ0v) is 11.7. The van der Waals surface area contributed by atoms with E-state index in [0.29, 0.717) is 6.54 Å². The van der Waals surface area contributed by atoms with Gasteiger partial charge in [-0.1, -0.05) is 0 Å². The molecule has 1 fully saturated rings. The average Bonchev–Trinajstić information content (AvgIpc) is 3.18. The van der Waals surface area contributed by atoms with Crippen molar-refractivity contribution in [1.82, 2.24) is 10.2 Å². The second kappa shape index (κ2) is 6.75. The molecule has 1 saturated carbocycles. The number of unbranched alkanes of at least 4 members (excludes halogenated alkanes) is 2. The van der Waals surface area contributed by atoms with Gasteiger partial charge in [-0.15, -0.1) is 0 Å². The summed E-state index contributed by atoms with van der Waals surface area (Å²) in [6, 6.07) is -0.346. The van der Waals surface area contributed by atoms with Gasteiger partial charge in [-0.2, -0.15) is 0 Å². The van der Waals surface area contributed by atoms with E-state index in [-0.39, 0.29) is 18.6 Å². The van der Waals surface area contributed by atoms with Crippen molar-refractivity contribution in [3.63, 3.8) is 0 Å². The van der Waals surface area contributed by atoms with Gasteiger partial charge in [-0.3, -0.25) is 0 Å². The topological polar surface area (TPSA) is 89.9 Å². The van der Waals surface area contributed by atoms with E-state index >= 15 is 0 Å². The number of carbonyl (C=O) groups excluding carboxylic acids is 1. The van der Waals surface area contributed by atoms with Crippen LogP contribution in [0.15, 0.2) is 0 Å². The Balaban J connectivity index is 2.41. The molecule has 6 nitrogen and oxygen atoms in total. The first kappa shape index (κ1) is 15.8. The summed E-state index contributed by atoms with van der Waals surface area (Å²) in [6.07, 6.45) is 4.08. The number of nitrogens with one attached hydrogen (secondary N) is 1. The van der Waals surface area contributed by atoms with E-state index in [2.05, 4.69) is 5.32 Å². The Morgan fingerprint density at radius 2 is 1.95 bits per heavy atom. The Kier molecular flexibility index (Phi) is 5.60. The first-order valence-electron chi connectivity index (χ1n) is 6.79. The quantitative estimate of drug-likeness (QED) is 0.576. The smallest absolute Gasteiger partial charge is 0.329 e. The number of aliphatic hydroxyl groups is 1. The van der Waals surface area contributed by atoms with Crippen molar-refractivity contribution < 1.29 is 19.8 Å².